The van der Waals surface area contributed by atoms with Crippen molar-refractivity contribution < 1.29 is 17.9 Å². The van der Waals surface area contributed by atoms with E-state index in [4.69, 9.17) is 9.47 Å². The van der Waals surface area contributed by atoms with Crippen LogP contribution in [0.4, 0.5) is 0 Å². The van der Waals surface area contributed by atoms with Gasteiger partial charge in [0.15, 0.2) is 0 Å². The third-order valence-electron chi connectivity index (χ3n) is 4.47. The predicted octanol–water partition coefficient (Wildman–Crippen LogP) is 3.75. The predicted molar refractivity (Wildman–Crippen MR) is 95.3 cm³/mol. The summed E-state index contributed by atoms with van der Waals surface area (Å²) in [5.41, 5.74) is 0.880. The Labute approximate surface area is 146 Å². The first-order chi connectivity index (χ1) is 11.5. The van der Waals surface area contributed by atoms with E-state index in [1.165, 1.54) is 0 Å². The van der Waals surface area contributed by atoms with Crippen molar-refractivity contribution >= 4 is 10.0 Å². The molecule has 0 N–H and O–H groups in total. The third kappa shape index (κ3) is 3.86. The molecule has 2 rings (SSSR count). The van der Waals surface area contributed by atoms with E-state index in [1.54, 1.807) is 16.4 Å². The number of nitrogens with zero attached hydrogens (tertiary/aromatic N) is 1. The maximum atomic E-state index is 13.3. The zero-order valence-corrected chi connectivity index (χ0v) is 16.0. The fraction of sp³-hybridized carbons (Fsp3) is 0.667. The van der Waals surface area contributed by atoms with Crippen molar-refractivity contribution in [1.82, 2.24) is 4.31 Å². The maximum absolute atomic E-state index is 13.3. The SMILES string of the molecule is CCOc1cc(S(=O)(=O)N2CCCC[C@H]2CC)c(OCC)cc1C. The second-order valence-electron chi connectivity index (χ2n) is 6.10. The van der Waals surface area contributed by atoms with Gasteiger partial charge in [-0.2, -0.15) is 4.31 Å². The quantitative estimate of drug-likeness (QED) is 0.747. The smallest absolute Gasteiger partial charge is 0.247 e. The number of sulfonamides is 1. The zero-order chi connectivity index (χ0) is 17.7. The highest BCUT2D eigenvalue weighted by Gasteiger charge is 2.35. The van der Waals surface area contributed by atoms with Crippen LogP contribution in [-0.4, -0.2) is 38.5 Å². The Kier molecular flexibility index (Phi) is 6.52. The van der Waals surface area contributed by atoms with E-state index in [2.05, 4.69) is 0 Å². The van der Waals surface area contributed by atoms with Gasteiger partial charge in [0.2, 0.25) is 10.0 Å². The highest BCUT2D eigenvalue weighted by Crippen LogP contribution is 2.36. The molecule has 1 aromatic carbocycles. The zero-order valence-electron chi connectivity index (χ0n) is 15.2. The molecule has 1 atom stereocenters. The van der Waals surface area contributed by atoms with Crippen LogP contribution in [0, 0.1) is 6.92 Å². The van der Waals surface area contributed by atoms with Crippen LogP contribution in [0.15, 0.2) is 17.0 Å². The average molecular weight is 356 g/mol. The molecule has 0 spiro atoms. The van der Waals surface area contributed by atoms with E-state index in [9.17, 15) is 8.42 Å². The number of ether oxygens (including phenoxy) is 2. The number of piperidine rings is 1. The van der Waals surface area contributed by atoms with Crippen LogP contribution in [0.1, 0.15) is 52.0 Å². The standard InChI is InChI=1S/C18H29NO4S/c1-5-15-10-8-9-11-19(15)24(20,21)18-13-16(22-6-2)14(4)12-17(18)23-7-3/h12-13,15H,5-11H2,1-4H3/t15-/m1/s1. The first-order valence-corrected chi connectivity index (χ1v) is 10.3. The normalized spacial score (nSPS) is 19.2. The fourth-order valence-electron chi connectivity index (χ4n) is 3.25. The summed E-state index contributed by atoms with van der Waals surface area (Å²) in [6.07, 6.45) is 3.74. The second kappa shape index (κ2) is 8.21. The molecule has 5 nitrogen and oxygen atoms in total. The van der Waals surface area contributed by atoms with Crippen LogP contribution in [0.25, 0.3) is 0 Å². The van der Waals surface area contributed by atoms with E-state index >= 15 is 0 Å². The van der Waals surface area contributed by atoms with Gasteiger partial charge < -0.3 is 9.47 Å². The molecule has 6 heteroatoms. The minimum absolute atomic E-state index is 0.0649. The lowest BCUT2D eigenvalue weighted by Gasteiger charge is -2.34. The molecule has 0 aliphatic carbocycles. The Morgan fingerprint density at radius 2 is 1.75 bits per heavy atom. The minimum Gasteiger partial charge on any atom is -0.494 e. The van der Waals surface area contributed by atoms with Crippen molar-refractivity contribution in [3.63, 3.8) is 0 Å². The second-order valence-corrected chi connectivity index (χ2v) is 7.96. The molecule has 1 aliphatic rings. The highest BCUT2D eigenvalue weighted by atomic mass is 32.2. The first kappa shape index (κ1) is 19.1. The summed E-state index contributed by atoms with van der Waals surface area (Å²) in [7, 11) is -3.61. The Bertz CT molecular complexity index is 657. The van der Waals surface area contributed by atoms with Crippen molar-refractivity contribution in [3.8, 4) is 11.5 Å². The number of benzene rings is 1. The molecule has 1 fully saturated rings. The molecule has 1 heterocycles. The molecule has 1 saturated heterocycles. The van der Waals surface area contributed by atoms with Crippen molar-refractivity contribution in [2.45, 2.75) is 64.3 Å². The van der Waals surface area contributed by atoms with Gasteiger partial charge in [0.05, 0.1) is 13.2 Å². The topological polar surface area (TPSA) is 55.8 Å². The summed E-state index contributed by atoms with van der Waals surface area (Å²) in [6, 6.07) is 3.46. The van der Waals surface area contributed by atoms with Gasteiger partial charge in [-0.1, -0.05) is 13.3 Å². The monoisotopic (exact) mass is 355 g/mol. The van der Waals surface area contributed by atoms with E-state index in [0.717, 1.165) is 31.2 Å². The van der Waals surface area contributed by atoms with E-state index in [0.29, 0.717) is 31.3 Å². The van der Waals surface area contributed by atoms with Crippen LogP contribution in [-0.2, 0) is 10.0 Å². The lowest BCUT2D eigenvalue weighted by Crippen LogP contribution is -2.43. The van der Waals surface area contributed by atoms with E-state index in [-0.39, 0.29) is 10.9 Å². The molecule has 0 saturated carbocycles. The molecular weight excluding hydrogens is 326 g/mol. The van der Waals surface area contributed by atoms with Crippen molar-refractivity contribution in [2.24, 2.45) is 0 Å². The van der Waals surface area contributed by atoms with Gasteiger partial charge in [0.1, 0.15) is 16.4 Å². The number of hydrogen-bond acceptors (Lipinski definition) is 4. The molecule has 1 aliphatic heterocycles. The molecule has 136 valence electrons. The lowest BCUT2D eigenvalue weighted by molar-refractivity contribution is 0.245. The van der Waals surface area contributed by atoms with Gasteiger partial charge in [-0.25, -0.2) is 8.42 Å². The molecule has 0 aromatic heterocycles. The molecule has 0 bridgehead atoms. The van der Waals surface area contributed by atoms with Gasteiger partial charge in [-0.05, 0) is 51.7 Å². The molecule has 24 heavy (non-hydrogen) atoms. The van der Waals surface area contributed by atoms with E-state index in [1.807, 2.05) is 27.7 Å². The fourth-order valence-corrected chi connectivity index (χ4v) is 5.15. The van der Waals surface area contributed by atoms with Crippen LogP contribution in [0.3, 0.4) is 0 Å². The summed E-state index contributed by atoms with van der Waals surface area (Å²) in [6.45, 7) is 9.19. The lowest BCUT2D eigenvalue weighted by atomic mass is 10.0. The van der Waals surface area contributed by atoms with Crippen molar-refractivity contribution in [3.05, 3.63) is 17.7 Å². The largest absolute Gasteiger partial charge is 0.494 e. The third-order valence-corrected chi connectivity index (χ3v) is 6.45. The van der Waals surface area contributed by atoms with Crippen LogP contribution >= 0.6 is 0 Å². The highest BCUT2D eigenvalue weighted by molar-refractivity contribution is 7.89. The summed E-state index contributed by atoms with van der Waals surface area (Å²) >= 11 is 0. The van der Waals surface area contributed by atoms with Crippen LogP contribution < -0.4 is 9.47 Å². The Balaban J connectivity index is 2.52. The van der Waals surface area contributed by atoms with Gasteiger partial charge in [0, 0.05) is 18.7 Å². The van der Waals surface area contributed by atoms with Gasteiger partial charge >= 0.3 is 0 Å². The van der Waals surface area contributed by atoms with Gasteiger partial charge in [-0.15, -0.1) is 0 Å². The minimum atomic E-state index is -3.61. The number of aryl methyl sites for hydroxylation is 1. The first-order valence-electron chi connectivity index (χ1n) is 8.87. The maximum Gasteiger partial charge on any atom is 0.247 e. The van der Waals surface area contributed by atoms with Crippen molar-refractivity contribution in [1.29, 1.82) is 0 Å². The van der Waals surface area contributed by atoms with Crippen molar-refractivity contribution in [2.75, 3.05) is 19.8 Å². The molecule has 1 aromatic rings. The van der Waals surface area contributed by atoms with Gasteiger partial charge in [0.25, 0.3) is 0 Å². The summed E-state index contributed by atoms with van der Waals surface area (Å²) < 4.78 is 39.5. The van der Waals surface area contributed by atoms with E-state index < -0.39 is 10.0 Å². The van der Waals surface area contributed by atoms with Gasteiger partial charge in [-0.3, -0.25) is 0 Å². The number of rotatable bonds is 7. The summed E-state index contributed by atoms with van der Waals surface area (Å²) in [4.78, 5) is 0.221. The molecule has 0 amide bonds. The molecule has 0 unspecified atom stereocenters. The molecular formula is C18H29NO4S. The summed E-state index contributed by atoms with van der Waals surface area (Å²) in [5, 5.41) is 0. The Morgan fingerprint density at radius 1 is 1.08 bits per heavy atom. The summed E-state index contributed by atoms with van der Waals surface area (Å²) in [5.74, 6) is 1.02. The van der Waals surface area contributed by atoms with Crippen LogP contribution in [0.5, 0.6) is 11.5 Å². The Morgan fingerprint density at radius 3 is 2.38 bits per heavy atom. The molecule has 0 radical (unpaired) electrons. The Hall–Kier alpha value is -1.27. The number of hydrogen-bond donors (Lipinski definition) is 0. The van der Waals surface area contributed by atoms with Crippen LogP contribution in [0.2, 0.25) is 0 Å². The average Bonchev–Trinajstić information content (AvgIpc) is 2.57.